The van der Waals surface area contributed by atoms with Crippen LogP contribution in [0.2, 0.25) is 0 Å². The molecule has 0 atom stereocenters. The van der Waals surface area contributed by atoms with Gasteiger partial charge in [0.15, 0.2) is 17.5 Å². The van der Waals surface area contributed by atoms with Crippen molar-refractivity contribution in [1.82, 2.24) is 15.0 Å². The summed E-state index contributed by atoms with van der Waals surface area (Å²) in [6.45, 7) is 4.66. The summed E-state index contributed by atoms with van der Waals surface area (Å²) in [7, 11) is 0. The fourth-order valence-electron chi connectivity index (χ4n) is 8.79. The molecule has 2 aromatic heterocycles. The molecule has 0 amide bonds. The Labute approximate surface area is 342 Å². The third kappa shape index (κ3) is 5.90. The van der Waals surface area contributed by atoms with E-state index in [1.807, 2.05) is 72.8 Å². The van der Waals surface area contributed by atoms with Crippen molar-refractivity contribution in [2.45, 2.75) is 19.3 Å². The molecule has 0 aliphatic heterocycles. The molecule has 8 aromatic carbocycles. The molecule has 0 unspecified atom stereocenters. The molecule has 0 saturated heterocycles. The standard InChI is InChI=1S/C54H38N4O/c1-54(2)46-24-14-12-22-42(46)43-31-30-40(33-47(43)54)58(39-28-26-36(27-29-39)35-16-6-3-7-17-35)41-32-45(50-44-23-13-15-25-48(44)59-49(50)34-41)53-56-51(37-18-8-4-9-19-37)55-52(57-53)38-20-10-5-11-21-38/h3-34H,1-2H3. The Balaban J connectivity index is 1.17. The maximum atomic E-state index is 6.74. The number of anilines is 3. The summed E-state index contributed by atoms with van der Waals surface area (Å²) in [6.07, 6.45) is 0. The number of hydrogen-bond donors (Lipinski definition) is 0. The maximum absolute atomic E-state index is 6.74. The first-order valence-corrected chi connectivity index (χ1v) is 20.0. The molecule has 280 valence electrons. The van der Waals surface area contributed by atoms with Gasteiger partial charge < -0.3 is 9.32 Å². The van der Waals surface area contributed by atoms with Crippen LogP contribution in [0.15, 0.2) is 199 Å². The lowest BCUT2D eigenvalue weighted by molar-refractivity contribution is 0.660. The minimum absolute atomic E-state index is 0.175. The Hall–Kier alpha value is -7.63. The van der Waals surface area contributed by atoms with E-state index in [0.717, 1.165) is 61.3 Å². The Kier molecular flexibility index (Phi) is 8.09. The number of aromatic nitrogens is 3. The van der Waals surface area contributed by atoms with E-state index in [4.69, 9.17) is 19.4 Å². The van der Waals surface area contributed by atoms with Gasteiger partial charge in [-0.1, -0.05) is 166 Å². The predicted octanol–water partition coefficient (Wildman–Crippen LogP) is 14.2. The SMILES string of the molecule is CC1(C)c2ccccc2-c2ccc(N(c3ccc(-c4ccccc4)cc3)c3cc(-c4nc(-c5ccccc5)nc(-c5ccccc5)n4)c4c(c3)oc3ccccc34)cc21. The number of furan rings is 1. The number of hydrogen-bond acceptors (Lipinski definition) is 5. The molecule has 0 bridgehead atoms. The zero-order chi connectivity index (χ0) is 39.5. The van der Waals surface area contributed by atoms with Crippen molar-refractivity contribution in [3.05, 3.63) is 205 Å². The smallest absolute Gasteiger partial charge is 0.164 e. The first-order valence-electron chi connectivity index (χ1n) is 20.0. The van der Waals surface area contributed by atoms with Crippen LogP contribution in [0.4, 0.5) is 17.1 Å². The minimum Gasteiger partial charge on any atom is -0.456 e. The van der Waals surface area contributed by atoms with Crippen LogP contribution in [0, 0.1) is 0 Å². The van der Waals surface area contributed by atoms with E-state index >= 15 is 0 Å². The molecule has 5 nitrogen and oxygen atoms in total. The molecule has 1 aliphatic rings. The van der Waals surface area contributed by atoms with Crippen LogP contribution >= 0.6 is 0 Å². The van der Waals surface area contributed by atoms with E-state index in [1.54, 1.807) is 0 Å². The highest BCUT2D eigenvalue weighted by atomic mass is 16.3. The van der Waals surface area contributed by atoms with Gasteiger partial charge in [0.1, 0.15) is 11.2 Å². The van der Waals surface area contributed by atoms with Crippen LogP contribution < -0.4 is 4.90 Å². The van der Waals surface area contributed by atoms with E-state index in [2.05, 4.69) is 140 Å². The lowest BCUT2D eigenvalue weighted by atomic mass is 9.82. The Bertz CT molecular complexity index is 3120. The molecule has 2 heterocycles. The number of fused-ring (bicyclic) bond motifs is 6. The highest BCUT2D eigenvalue weighted by molar-refractivity contribution is 6.13. The summed E-state index contributed by atoms with van der Waals surface area (Å²) >= 11 is 0. The number of benzene rings is 8. The van der Waals surface area contributed by atoms with Gasteiger partial charge in [0, 0.05) is 50.3 Å². The number of rotatable bonds is 7. The normalized spacial score (nSPS) is 12.7. The van der Waals surface area contributed by atoms with Crippen LogP contribution in [-0.2, 0) is 5.41 Å². The predicted molar refractivity (Wildman–Crippen MR) is 241 cm³/mol. The number of nitrogens with zero attached hydrogens (tertiary/aromatic N) is 4. The molecular weight excluding hydrogens is 721 g/mol. The molecule has 59 heavy (non-hydrogen) atoms. The first-order chi connectivity index (χ1) is 29.0. The van der Waals surface area contributed by atoms with Crippen molar-refractivity contribution in [3.8, 4) is 56.4 Å². The van der Waals surface area contributed by atoms with Crippen LogP contribution in [0.3, 0.4) is 0 Å². The fourth-order valence-corrected chi connectivity index (χ4v) is 8.79. The lowest BCUT2D eigenvalue weighted by Crippen LogP contribution is -2.16. The number of para-hydroxylation sites is 1. The molecular formula is C54H38N4O. The van der Waals surface area contributed by atoms with Gasteiger partial charge in [-0.15, -0.1) is 0 Å². The molecule has 1 aliphatic carbocycles. The van der Waals surface area contributed by atoms with Crippen molar-refractivity contribution < 1.29 is 4.42 Å². The minimum atomic E-state index is -0.175. The topological polar surface area (TPSA) is 55.1 Å². The molecule has 0 spiro atoms. The molecule has 0 radical (unpaired) electrons. The lowest BCUT2D eigenvalue weighted by Gasteiger charge is -2.28. The average molecular weight is 759 g/mol. The largest absolute Gasteiger partial charge is 0.456 e. The van der Waals surface area contributed by atoms with Crippen LogP contribution in [0.1, 0.15) is 25.0 Å². The zero-order valence-corrected chi connectivity index (χ0v) is 32.7. The summed E-state index contributed by atoms with van der Waals surface area (Å²) in [5.41, 5.74) is 14.6. The molecule has 0 fully saturated rings. The Morgan fingerprint density at radius 3 is 1.63 bits per heavy atom. The first kappa shape index (κ1) is 34.6. The Morgan fingerprint density at radius 1 is 0.390 bits per heavy atom. The van der Waals surface area contributed by atoms with E-state index in [9.17, 15) is 0 Å². The molecule has 0 saturated carbocycles. The van der Waals surface area contributed by atoms with E-state index in [1.165, 1.54) is 27.8 Å². The highest BCUT2D eigenvalue weighted by Gasteiger charge is 2.36. The summed E-state index contributed by atoms with van der Waals surface area (Å²) in [5, 5.41) is 1.96. The Morgan fingerprint density at radius 2 is 0.932 bits per heavy atom. The summed E-state index contributed by atoms with van der Waals surface area (Å²) in [4.78, 5) is 17.8. The maximum Gasteiger partial charge on any atom is 0.164 e. The third-order valence-electron chi connectivity index (χ3n) is 11.7. The summed E-state index contributed by atoms with van der Waals surface area (Å²) in [5.74, 6) is 1.78. The van der Waals surface area contributed by atoms with E-state index in [-0.39, 0.29) is 5.41 Å². The van der Waals surface area contributed by atoms with Crippen LogP contribution in [0.25, 0.3) is 78.4 Å². The average Bonchev–Trinajstić information content (AvgIpc) is 3.78. The van der Waals surface area contributed by atoms with Gasteiger partial charge >= 0.3 is 0 Å². The van der Waals surface area contributed by atoms with Gasteiger partial charge in [-0.05, 0) is 69.8 Å². The summed E-state index contributed by atoms with van der Waals surface area (Å²) in [6, 6.07) is 67.9. The second-order valence-electron chi connectivity index (χ2n) is 15.7. The van der Waals surface area contributed by atoms with Gasteiger partial charge in [-0.3, -0.25) is 0 Å². The molecule has 11 rings (SSSR count). The van der Waals surface area contributed by atoms with Crippen LogP contribution in [-0.4, -0.2) is 15.0 Å². The fraction of sp³-hybridized carbons (Fsp3) is 0.0556. The van der Waals surface area contributed by atoms with Gasteiger partial charge in [-0.25, -0.2) is 15.0 Å². The van der Waals surface area contributed by atoms with Gasteiger partial charge in [0.2, 0.25) is 0 Å². The van der Waals surface area contributed by atoms with Crippen LogP contribution in [0.5, 0.6) is 0 Å². The molecule has 10 aromatic rings. The van der Waals surface area contributed by atoms with Crippen molar-refractivity contribution in [3.63, 3.8) is 0 Å². The van der Waals surface area contributed by atoms with Gasteiger partial charge in [-0.2, -0.15) is 0 Å². The molecule has 0 N–H and O–H groups in total. The zero-order valence-electron chi connectivity index (χ0n) is 32.7. The summed E-state index contributed by atoms with van der Waals surface area (Å²) < 4.78 is 6.74. The van der Waals surface area contributed by atoms with E-state index < -0.39 is 0 Å². The van der Waals surface area contributed by atoms with Crippen molar-refractivity contribution in [1.29, 1.82) is 0 Å². The van der Waals surface area contributed by atoms with Gasteiger partial charge in [0.25, 0.3) is 0 Å². The quantitative estimate of drug-likeness (QED) is 0.162. The van der Waals surface area contributed by atoms with Crippen molar-refractivity contribution in [2.75, 3.05) is 4.90 Å². The highest BCUT2D eigenvalue weighted by Crippen LogP contribution is 2.51. The third-order valence-corrected chi connectivity index (χ3v) is 11.7. The second kappa shape index (κ2) is 13.8. The van der Waals surface area contributed by atoms with Gasteiger partial charge in [0.05, 0.1) is 5.69 Å². The van der Waals surface area contributed by atoms with Crippen molar-refractivity contribution >= 4 is 39.0 Å². The monoisotopic (exact) mass is 758 g/mol. The van der Waals surface area contributed by atoms with Crippen molar-refractivity contribution in [2.24, 2.45) is 0 Å². The molecule has 5 heteroatoms. The second-order valence-corrected chi connectivity index (χ2v) is 15.7. The van der Waals surface area contributed by atoms with E-state index in [0.29, 0.717) is 17.5 Å².